The van der Waals surface area contributed by atoms with E-state index in [0.717, 1.165) is 5.56 Å². The standard InChI is InChI=1S/C30H27N3O7S/c1-19-6-8-21(9-7-19)41(38,39)33-17-20(22-4-2-3-5-25(22)33)16-27-28(35)23-10-11-26(34)24(29(23)40-27)18-31-12-14-32(15-13-31)30(36)37/h2-11,16-17,34H,12-15,18H2,1H3,(H,36,37)/b27-16-. The van der Waals surface area contributed by atoms with Gasteiger partial charge >= 0.3 is 6.09 Å². The molecule has 6 rings (SSSR count). The Morgan fingerprint density at radius 1 is 1.00 bits per heavy atom. The number of aromatic nitrogens is 1. The highest BCUT2D eigenvalue weighted by molar-refractivity contribution is 7.90. The second kappa shape index (κ2) is 10.1. The van der Waals surface area contributed by atoms with Crippen molar-refractivity contribution < 1.29 is 33.0 Å². The Morgan fingerprint density at radius 2 is 1.71 bits per heavy atom. The first-order chi connectivity index (χ1) is 19.6. The maximum absolute atomic E-state index is 13.6. The van der Waals surface area contributed by atoms with Crippen LogP contribution in [0.2, 0.25) is 0 Å². The molecule has 210 valence electrons. The highest BCUT2D eigenvalue weighted by Gasteiger charge is 2.33. The van der Waals surface area contributed by atoms with E-state index in [9.17, 15) is 28.2 Å². The van der Waals surface area contributed by atoms with Gasteiger partial charge in [-0.15, -0.1) is 0 Å². The van der Waals surface area contributed by atoms with Crippen molar-refractivity contribution in [1.29, 1.82) is 0 Å². The molecule has 10 nitrogen and oxygen atoms in total. The highest BCUT2D eigenvalue weighted by atomic mass is 32.2. The number of allylic oxidation sites excluding steroid dienone is 1. The summed E-state index contributed by atoms with van der Waals surface area (Å²) in [6.07, 6.45) is 2.04. The van der Waals surface area contributed by atoms with Gasteiger partial charge in [0, 0.05) is 49.9 Å². The molecule has 41 heavy (non-hydrogen) atoms. The van der Waals surface area contributed by atoms with Gasteiger partial charge in [0.05, 0.1) is 21.5 Å². The van der Waals surface area contributed by atoms with Gasteiger partial charge in [-0.1, -0.05) is 35.9 Å². The number of nitrogens with zero attached hydrogens (tertiary/aromatic N) is 3. The number of Topliss-reactive ketones (excluding diaryl/α,β-unsaturated/α-hetero) is 1. The number of rotatable bonds is 5. The fourth-order valence-electron chi connectivity index (χ4n) is 5.22. The minimum Gasteiger partial charge on any atom is -0.507 e. The molecule has 0 bridgehead atoms. The van der Waals surface area contributed by atoms with Crippen LogP contribution in [0.4, 0.5) is 4.79 Å². The summed E-state index contributed by atoms with van der Waals surface area (Å²) in [7, 11) is -3.92. The lowest BCUT2D eigenvalue weighted by Crippen LogP contribution is -2.47. The smallest absolute Gasteiger partial charge is 0.407 e. The quantitative estimate of drug-likeness (QED) is 0.338. The Kier molecular flexibility index (Phi) is 6.55. The Bertz CT molecular complexity index is 1830. The van der Waals surface area contributed by atoms with Crippen molar-refractivity contribution in [2.45, 2.75) is 18.4 Å². The lowest BCUT2D eigenvalue weighted by molar-refractivity contribution is 0.101. The van der Waals surface area contributed by atoms with Crippen molar-refractivity contribution in [3.8, 4) is 11.5 Å². The second-order valence-electron chi connectivity index (χ2n) is 10.1. The minimum atomic E-state index is -3.92. The maximum atomic E-state index is 13.6. The molecule has 1 aromatic heterocycles. The first kappa shape index (κ1) is 26.6. The summed E-state index contributed by atoms with van der Waals surface area (Å²) in [5, 5.41) is 20.5. The number of hydrogen-bond acceptors (Lipinski definition) is 7. The van der Waals surface area contributed by atoms with E-state index < -0.39 is 16.1 Å². The zero-order valence-corrected chi connectivity index (χ0v) is 23.0. The summed E-state index contributed by atoms with van der Waals surface area (Å²) < 4.78 is 34.4. The van der Waals surface area contributed by atoms with Crippen molar-refractivity contribution in [1.82, 2.24) is 13.8 Å². The normalized spacial score (nSPS) is 16.8. The van der Waals surface area contributed by atoms with Gasteiger partial charge in [-0.2, -0.15) is 0 Å². The molecule has 0 unspecified atom stereocenters. The van der Waals surface area contributed by atoms with Crippen molar-refractivity contribution in [3.05, 3.63) is 94.9 Å². The minimum absolute atomic E-state index is 0.0122. The van der Waals surface area contributed by atoms with Crippen LogP contribution < -0.4 is 4.74 Å². The van der Waals surface area contributed by atoms with Crippen molar-refractivity contribution in [2.75, 3.05) is 26.2 Å². The lowest BCUT2D eigenvalue weighted by Gasteiger charge is -2.33. The topological polar surface area (TPSA) is 129 Å². The fraction of sp³-hybridized carbons (Fsp3) is 0.200. The maximum Gasteiger partial charge on any atom is 0.407 e. The molecule has 0 aliphatic carbocycles. The van der Waals surface area contributed by atoms with E-state index >= 15 is 0 Å². The number of benzene rings is 3. The zero-order chi connectivity index (χ0) is 28.9. The van der Waals surface area contributed by atoms with Gasteiger partial charge in [0.1, 0.15) is 11.5 Å². The van der Waals surface area contributed by atoms with E-state index in [-0.39, 0.29) is 34.5 Å². The summed E-state index contributed by atoms with van der Waals surface area (Å²) in [6, 6.07) is 16.6. The number of phenols is 1. The molecule has 0 radical (unpaired) electrons. The molecule has 2 aliphatic heterocycles. The molecule has 0 atom stereocenters. The van der Waals surface area contributed by atoms with Crippen LogP contribution in [-0.2, 0) is 16.6 Å². The largest absolute Gasteiger partial charge is 0.507 e. The lowest BCUT2D eigenvalue weighted by atomic mass is 10.0. The molecule has 0 spiro atoms. The van der Waals surface area contributed by atoms with Crippen molar-refractivity contribution in [2.24, 2.45) is 0 Å². The third-order valence-corrected chi connectivity index (χ3v) is 9.20. The molecule has 3 aromatic carbocycles. The number of ether oxygens (including phenoxy) is 1. The van der Waals surface area contributed by atoms with E-state index in [0.29, 0.717) is 53.8 Å². The average molecular weight is 574 g/mol. The average Bonchev–Trinajstić information content (AvgIpc) is 3.49. The molecular weight excluding hydrogens is 546 g/mol. The van der Waals surface area contributed by atoms with Crippen molar-refractivity contribution >= 4 is 38.9 Å². The van der Waals surface area contributed by atoms with Gasteiger partial charge in [-0.25, -0.2) is 17.2 Å². The van der Waals surface area contributed by atoms with Gasteiger partial charge in [0.15, 0.2) is 5.76 Å². The van der Waals surface area contributed by atoms with Crippen LogP contribution in [-0.4, -0.2) is 70.5 Å². The molecule has 2 aliphatic rings. The van der Waals surface area contributed by atoms with Crippen LogP contribution in [0.25, 0.3) is 17.0 Å². The third-order valence-electron chi connectivity index (χ3n) is 7.51. The van der Waals surface area contributed by atoms with Gasteiger partial charge in [-0.3, -0.25) is 9.69 Å². The second-order valence-corrected chi connectivity index (χ2v) is 12.0. The monoisotopic (exact) mass is 573 g/mol. The molecule has 3 heterocycles. The number of amides is 1. The number of hydrogen-bond donors (Lipinski definition) is 2. The number of piperazine rings is 1. The van der Waals surface area contributed by atoms with Crippen molar-refractivity contribution in [3.63, 3.8) is 0 Å². The highest BCUT2D eigenvalue weighted by Crippen LogP contribution is 2.41. The zero-order valence-electron chi connectivity index (χ0n) is 22.1. The Morgan fingerprint density at radius 3 is 2.41 bits per heavy atom. The number of fused-ring (bicyclic) bond motifs is 2. The summed E-state index contributed by atoms with van der Waals surface area (Å²) >= 11 is 0. The summed E-state index contributed by atoms with van der Waals surface area (Å²) in [6.45, 7) is 3.78. The Hall–Kier alpha value is -4.61. The first-order valence-corrected chi connectivity index (χ1v) is 14.5. The molecule has 1 saturated heterocycles. The molecule has 4 aromatic rings. The SMILES string of the molecule is Cc1ccc(S(=O)(=O)n2cc(/C=C3\Oc4c(ccc(O)c4CN4CCN(C(=O)O)CC4)C3=O)c3ccccc32)cc1. The number of ketones is 1. The van der Waals surface area contributed by atoms with Gasteiger partial charge in [-0.05, 0) is 43.3 Å². The number of carbonyl (C=O) groups excluding carboxylic acids is 1. The van der Waals surface area contributed by atoms with Crippen LogP contribution in [0.1, 0.15) is 27.0 Å². The van der Waals surface area contributed by atoms with Gasteiger partial charge < -0.3 is 19.8 Å². The number of aryl methyl sites for hydroxylation is 1. The fourth-order valence-corrected chi connectivity index (χ4v) is 6.60. The van der Waals surface area contributed by atoms with Gasteiger partial charge in [0.25, 0.3) is 10.0 Å². The predicted octanol–water partition coefficient (Wildman–Crippen LogP) is 4.30. The first-order valence-electron chi connectivity index (χ1n) is 13.0. The number of carbonyl (C=O) groups is 2. The molecule has 11 heteroatoms. The van der Waals surface area contributed by atoms with E-state index in [1.165, 1.54) is 33.3 Å². The van der Waals surface area contributed by atoms with E-state index in [2.05, 4.69) is 0 Å². The number of aromatic hydroxyl groups is 1. The van der Waals surface area contributed by atoms with Gasteiger partial charge in [0.2, 0.25) is 5.78 Å². The van der Waals surface area contributed by atoms with Crippen LogP contribution >= 0.6 is 0 Å². The van der Waals surface area contributed by atoms with Crippen LogP contribution in [0.15, 0.2) is 77.5 Å². The Balaban J connectivity index is 1.34. The number of phenolic OH excluding ortho intramolecular Hbond substituents is 1. The van der Waals surface area contributed by atoms with E-state index in [1.807, 2.05) is 11.8 Å². The summed E-state index contributed by atoms with van der Waals surface area (Å²) in [5.74, 6) is -0.148. The van der Waals surface area contributed by atoms with E-state index in [4.69, 9.17) is 4.74 Å². The van der Waals surface area contributed by atoms with Crippen LogP contribution in [0.5, 0.6) is 11.5 Å². The van der Waals surface area contributed by atoms with Crippen LogP contribution in [0, 0.1) is 6.92 Å². The third kappa shape index (κ3) is 4.72. The summed E-state index contributed by atoms with van der Waals surface area (Å²) in [5.41, 5.74) is 2.62. The molecule has 1 amide bonds. The van der Waals surface area contributed by atoms with Crippen LogP contribution in [0.3, 0.4) is 0 Å². The number of para-hydroxylation sites is 1. The predicted molar refractivity (Wildman–Crippen MR) is 152 cm³/mol. The van der Waals surface area contributed by atoms with E-state index in [1.54, 1.807) is 48.5 Å². The molecule has 2 N–H and O–H groups in total. The summed E-state index contributed by atoms with van der Waals surface area (Å²) in [4.78, 5) is 28.1. The molecular formula is C30H27N3O7S. The number of carboxylic acid groups (broad SMARTS) is 1. The molecule has 1 fully saturated rings. The molecule has 0 saturated carbocycles. The Labute approximate surface area is 236 Å².